The predicted molar refractivity (Wildman–Crippen MR) is 146 cm³/mol. The second kappa shape index (κ2) is 10.0. The molecule has 192 valence electrons. The fourth-order valence-corrected chi connectivity index (χ4v) is 4.77. The van der Waals surface area contributed by atoms with Crippen molar-refractivity contribution in [1.82, 2.24) is 10.1 Å². The molecule has 2 N–H and O–H groups in total. The Labute approximate surface area is 218 Å². The van der Waals surface area contributed by atoms with E-state index in [2.05, 4.69) is 55.1 Å². The Hall–Kier alpha value is -3.61. The van der Waals surface area contributed by atoms with Gasteiger partial charge in [-0.1, -0.05) is 80.0 Å². The van der Waals surface area contributed by atoms with Crippen LogP contribution >= 0.6 is 0 Å². The van der Waals surface area contributed by atoms with Gasteiger partial charge in [-0.15, -0.1) is 0 Å². The second-order valence-electron chi connectivity index (χ2n) is 10.8. The molecular formula is C31H34N2O4. The zero-order valence-electron chi connectivity index (χ0n) is 21.9. The van der Waals surface area contributed by atoms with Gasteiger partial charge in [0, 0.05) is 36.7 Å². The number of morpholine rings is 1. The zero-order valence-corrected chi connectivity index (χ0v) is 21.9. The molecule has 1 aliphatic heterocycles. The van der Waals surface area contributed by atoms with Crippen LogP contribution in [0.4, 0.5) is 0 Å². The number of aromatic hydroxyl groups is 2. The predicted octanol–water partition coefficient (Wildman–Crippen LogP) is 6.52. The summed E-state index contributed by atoms with van der Waals surface area (Å²) in [5, 5.41) is 26.0. The number of nitrogens with zero attached hydrogens (tertiary/aromatic N) is 2. The summed E-state index contributed by atoms with van der Waals surface area (Å²) in [7, 11) is 0. The zero-order chi connectivity index (χ0) is 26.2. The smallest absolute Gasteiger partial charge is 0.178 e. The van der Waals surface area contributed by atoms with Crippen LogP contribution in [0.1, 0.15) is 37.6 Å². The van der Waals surface area contributed by atoms with E-state index < -0.39 is 0 Å². The van der Waals surface area contributed by atoms with Crippen LogP contribution in [0.2, 0.25) is 0 Å². The Morgan fingerprint density at radius 3 is 2.11 bits per heavy atom. The fraction of sp³-hybridized carbons (Fsp3) is 0.323. The average molecular weight is 499 g/mol. The molecule has 6 heteroatoms. The van der Waals surface area contributed by atoms with Crippen LogP contribution in [0.3, 0.4) is 0 Å². The van der Waals surface area contributed by atoms with Crippen molar-refractivity contribution in [2.45, 2.75) is 39.7 Å². The van der Waals surface area contributed by atoms with E-state index in [1.165, 1.54) is 11.6 Å². The second-order valence-corrected chi connectivity index (χ2v) is 10.8. The molecule has 0 aliphatic carbocycles. The monoisotopic (exact) mass is 498 g/mol. The lowest BCUT2D eigenvalue weighted by atomic mass is 9.85. The van der Waals surface area contributed by atoms with Crippen molar-refractivity contribution >= 4 is 0 Å². The summed E-state index contributed by atoms with van der Waals surface area (Å²) in [6, 6.07) is 19.5. The highest BCUT2D eigenvalue weighted by atomic mass is 16.5. The molecule has 3 aromatic carbocycles. The Bertz CT molecular complexity index is 1380. The molecule has 0 bridgehead atoms. The molecule has 37 heavy (non-hydrogen) atoms. The summed E-state index contributed by atoms with van der Waals surface area (Å²) >= 11 is 0. The number of phenols is 2. The van der Waals surface area contributed by atoms with Gasteiger partial charge in [0.1, 0.15) is 11.5 Å². The maximum Gasteiger partial charge on any atom is 0.178 e. The van der Waals surface area contributed by atoms with E-state index in [1.807, 2.05) is 31.2 Å². The molecule has 0 atom stereocenters. The van der Waals surface area contributed by atoms with Crippen LogP contribution in [0, 0.1) is 6.92 Å². The van der Waals surface area contributed by atoms with Gasteiger partial charge in [0.2, 0.25) is 0 Å². The first-order valence-corrected chi connectivity index (χ1v) is 12.7. The molecule has 5 rings (SSSR count). The number of aromatic nitrogens is 1. The third-order valence-corrected chi connectivity index (χ3v) is 6.88. The SMILES string of the molecule is Cc1ccc(-c2cc(-c3onc(C(C)(C)C)c3-c3ccc(CN4CCOCC4)cc3)c(O)cc2O)cc1. The van der Waals surface area contributed by atoms with E-state index in [4.69, 9.17) is 9.26 Å². The molecule has 4 aromatic rings. The molecule has 0 saturated carbocycles. The Kier molecular flexibility index (Phi) is 6.80. The summed E-state index contributed by atoms with van der Waals surface area (Å²) in [4.78, 5) is 2.39. The number of hydrogen-bond donors (Lipinski definition) is 2. The van der Waals surface area contributed by atoms with Gasteiger partial charge in [0.25, 0.3) is 0 Å². The highest BCUT2D eigenvalue weighted by Crippen LogP contribution is 2.46. The van der Waals surface area contributed by atoms with Gasteiger partial charge in [-0.05, 0) is 29.7 Å². The van der Waals surface area contributed by atoms with Gasteiger partial charge in [-0.3, -0.25) is 4.90 Å². The number of ether oxygens (including phenoxy) is 1. The molecule has 1 saturated heterocycles. The number of hydrogen-bond acceptors (Lipinski definition) is 6. The molecule has 0 spiro atoms. The minimum atomic E-state index is -0.282. The van der Waals surface area contributed by atoms with Crippen molar-refractivity contribution in [1.29, 1.82) is 0 Å². The Morgan fingerprint density at radius 1 is 0.838 bits per heavy atom. The van der Waals surface area contributed by atoms with Crippen molar-refractivity contribution in [3.05, 3.63) is 77.5 Å². The number of benzene rings is 3. The lowest BCUT2D eigenvalue weighted by Crippen LogP contribution is -2.35. The minimum Gasteiger partial charge on any atom is -0.507 e. The van der Waals surface area contributed by atoms with Gasteiger partial charge < -0.3 is 19.5 Å². The third-order valence-electron chi connectivity index (χ3n) is 6.88. The number of rotatable bonds is 5. The lowest BCUT2D eigenvalue weighted by molar-refractivity contribution is 0.0342. The van der Waals surface area contributed by atoms with Gasteiger partial charge in [-0.25, -0.2) is 0 Å². The topological polar surface area (TPSA) is 79.0 Å². The molecule has 0 amide bonds. The quantitative estimate of drug-likeness (QED) is 0.326. The summed E-state index contributed by atoms with van der Waals surface area (Å²) in [6.07, 6.45) is 0. The Morgan fingerprint density at radius 2 is 1.46 bits per heavy atom. The van der Waals surface area contributed by atoms with Gasteiger partial charge in [0.05, 0.1) is 30.0 Å². The van der Waals surface area contributed by atoms with Crippen molar-refractivity contribution in [3.63, 3.8) is 0 Å². The summed E-state index contributed by atoms with van der Waals surface area (Å²) in [6.45, 7) is 12.6. The number of aryl methyl sites for hydroxylation is 1. The molecule has 1 aliphatic rings. The van der Waals surface area contributed by atoms with Crippen LogP contribution in [0.25, 0.3) is 33.6 Å². The fourth-order valence-electron chi connectivity index (χ4n) is 4.77. The van der Waals surface area contributed by atoms with Crippen molar-refractivity contribution in [2.24, 2.45) is 0 Å². The number of phenolic OH excluding ortho intramolecular Hbond substituents is 2. The van der Waals surface area contributed by atoms with E-state index in [0.29, 0.717) is 16.9 Å². The van der Waals surface area contributed by atoms with E-state index in [-0.39, 0.29) is 16.9 Å². The lowest BCUT2D eigenvalue weighted by Gasteiger charge is -2.26. The van der Waals surface area contributed by atoms with Crippen LogP contribution < -0.4 is 0 Å². The molecule has 1 fully saturated rings. The van der Waals surface area contributed by atoms with Crippen LogP contribution in [-0.4, -0.2) is 46.6 Å². The van der Waals surface area contributed by atoms with E-state index in [1.54, 1.807) is 6.07 Å². The highest BCUT2D eigenvalue weighted by Gasteiger charge is 2.29. The maximum atomic E-state index is 10.9. The van der Waals surface area contributed by atoms with Gasteiger partial charge in [0.15, 0.2) is 5.76 Å². The molecule has 1 aromatic heterocycles. The van der Waals surface area contributed by atoms with Crippen molar-refractivity contribution < 1.29 is 19.5 Å². The summed E-state index contributed by atoms with van der Waals surface area (Å²) in [5.41, 5.74) is 6.67. The standard InChI is InChI=1S/C31H34N2O4/c1-20-5-9-22(10-6-20)24-17-25(27(35)18-26(24)34)29-28(30(32-37-29)31(2,3)4)23-11-7-21(8-12-23)19-33-13-15-36-16-14-33/h5-12,17-18,34-35H,13-16,19H2,1-4H3. The minimum absolute atomic E-state index is 0.00896. The molecule has 2 heterocycles. The van der Waals surface area contributed by atoms with E-state index in [9.17, 15) is 10.2 Å². The summed E-state index contributed by atoms with van der Waals surface area (Å²) in [5.74, 6) is 0.432. The molecule has 6 nitrogen and oxygen atoms in total. The highest BCUT2D eigenvalue weighted by molar-refractivity contribution is 5.88. The van der Waals surface area contributed by atoms with Gasteiger partial charge in [-0.2, -0.15) is 0 Å². The van der Waals surface area contributed by atoms with Crippen LogP contribution in [0.5, 0.6) is 11.5 Å². The average Bonchev–Trinajstić information content (AvgIpc) is 3.32. The van der Waals surface area contributed by atoms with E-state index >= 15 is 0 Å². The maximum absolute atomic E-state index is 10.9. The van der Waals surface area contributed by atoms with Crippen LogP contribution in [0.15, 0.2) is 65.2 Å². The third kappa shape index (κ3) is 5.26. The largest absolute Gasteiger partial charge is 0.507 e. The molecular weight excluding hydrogens is 464 g/mol. The first kappa shape index (κ1) is 25.1. The normalized spacial score (nSPS) is 14.7. The summed E-state index contributed by atoms with van der Waals surface area (Å²) < 4.78 is 11.4. The molecule has 0 unspecified atom stereocenters. The van der Waals surface area contributed by atoms with Crippen LogP contribution in [-0.2, 0) is 16.7 Å². The first-order chi connectivity index (χ1) is 17.7. The van der Waals surface area contributed by atoms with Crippen molar-refractivity contribution in [2.75, 3.05) is 26.3 Å². The van der Waals surface area contributed by atoms with E-state index in [0.717, 1.165) is 60.8 Å². The Balaban J connectivity index is 1.58. The van der Waals surface area contributed by atoms with Crippen molar-refractivity contribution in [3.8, 4) is 45.1 Å². The first-order valence-electron chi connectivity index (χ1n) is 12.7. The van der Waals surface area contributed by atoms with Gasteiger partial charge >= 0.3 is 0 Å². The molecule has 0 radical (unpaired) electrons.